The molecule has 0 unspecified atom stereocenters. The molecule has 3 rings (SSSR count). The summed E-state index contributed by atoms with van der Waals surface area (Å²) in [4.78, 5) is 7.44. The van der Waals surface area contributed by atoms with Gasteiger partial charge in [0.25, 0.3) is 0 Å². The van der Waals surface area contributed by atoms with Crippen LogP contribution in [-0.2, 0) is 0 Å². The molecule has 4 heteroatoms. The third-order valence-electron chi connectivity index (χ3n) is 3.52. The van der Waals surface area contributed by atoms with E-state index in [1.165, 1.54) is 23.9 Å². The van der Waals surface area contributed by atoms with Crippen molar-refractivity contribution in [2.45, 2.75) is 25.3 Å². The third-order valence-corrected chi connectivity index (χ3v) is 3.73. The van der Waals surface area contributed by atoms with E-state index in [9.17, 15) is 0 Å². The van der Waals surface area contributed by atoms with Crippen LogP contribution >= 0.6 is 12.2 Å². The van der Waals surface area contributed by atoms with Crippen LogP contribution in [0.4, 0.5) is 5.69 Å². The largest absolute Gasteiger partial charge is 0.393 e. The Labute approximate surface area is 118 Å². The predicted octanol–water partition coefficient (Wildman–Crippen LogP) is 2.88. The van der Waals surface area contributed by atoms with Crippen molar-refractivity contribution in [3.63, 3.8) is 0 Å². The standard InChI is InChI=1S/C15H17N3S/c16-15(19)8-10-18(11-5-6-11)14-7-9-17-13-4-2-1-3-12(13)14/h1-4,7,9,11H,5-6,8,10H2,(H2,16,19). The number of anilines is 1. The lowest BCUT2D eigenvalue weighted by atomic mass is 10.1. The van der Waals surface area contributed by atoms with Crippen molar-refractivity contribution in [1.29, 1.82) is 0 Å². The first-order valence-corrected chi connectivity index (χ1v) is 7.05. The number of para-hydroxylation sites is 1. The van der Waals surface area contributed by atoms with Crippen molar-refractivity contribution in [2.24, 2.45) is 5.73 Å². The van der Waals surface area contributed by atoms with Crippen molar-refractivity contribution in [2.75, 3.05) is 11.4 Å². The van der Waals surface area contributed by atoms with Gasteiger partial charge in [0.1, 0.15) is 0 Å². The quantitative estimate of drug-likeness (QED) is 0.849. The molecule has 0 radical (unpaired) electrons. The van der Waals surface area contributed by atoms with Gasteiger partial charge < -0.3 is 10.6 Å². The van der Waals surface area contributed by atoms with Crippen molar-refractivity contribution in [3.8, 4) is 0 Å². The molecule has 2 aromatic rings. The van der Waals surface area contributed by atoms with E-state index in [0.29, 0.717) is 11.0 Å². The number of nitrogens with zero attached hydrogens (tertiary/aromatic N) is 2. The summed E-state index contributed by atoms with van der Waals surface area (Å²) in [5, 5.41) is 1.21. The van der Waals surface area contributed by atoms with Gasteiger partial charge >= 0.3 is 0 Å². The first kappa shape index (κ1) is 12.4. The molecule has 1 aliphatic carbocycles. The van der Waals surface area contributed by atoms with E-state index in [-0.39, 0.29) is 0 Å². The van der Waals surface area contributed by atoms with Crippen molar-refractivity contribution in [1.82, 2.24) is 4.98 Å². The number of rotatable bonds is 5. The lowest BCUT2D eigenvalue weighted by molar-refractivity contribution is 0.804. The molecule has 3 nitrogen and oxygen atoms in total. The Kier molecular flexibility index (Phi) is 3.34. The van der Waals surface area contributed by atoms with Crippen LogP contribution < -0.4 is 10.6 Å². The molecule has 1 fully saturated rings. The molecule has 1 aliphatic rings. The van der Waals surface area contributed by atoms with Crippen molar-refractivity contribution >= 4 is 33.8 Å². The summed E-state index contributed by atoms with van der Waals surface area (Å²) >= 11 is 5.01. The highest BCUT2D eigenvalue weighted by Gasteiger charge is 2.29. The van der Waals surface area contributed by atoms with E-state index in [1.807, 2.05) is 12.3 Å². The lowest BCUT2D eigenvalue weighted by Gasteiger charge is -2.25. The van der Waals surface area contributed by atoms with Gasteiger partial charge in [-0.2, -0.15) is 0 Å². The summed E-state index contributed by atoms with van der Waals surface area (Å²) in [5.74, 6) is 0. The maximum absolute atomic E-state index is 5.64. The number of thiocarbonyl (C=S) groups is 1. The fourth-order valence-electron chi connectivity index (χ4n) is 2.45. The summed E-state index contributed by atoms with van der Waals surface area (Å²) in [6.07, 6.45) is 5.16. The summed E-state index contributed by atoms with van der Waals surface area (Å²) in [5.41, 5.74) is 7.94. The Balaban J connectivity index is 1.97. The highest BCUT2D eigenvalue weighted by atomic mass is 32.1. The van der Waals surface area contributed by atoms with Gasteiger partial charge in [0.2, 0.25) is 0 Å². The predicted molar refractivity (Wildman–Crippen MR) is 83.5 cm³/mol. The number of aromatic nitrogens is 1. The molecular weight excluding hydrogens is 254 g/mol. The second kappa shape index (κ2) is 5.13. The van der Waals surface area contributed by atoms with Gasteiger partial charge in [-0.1, -0.05) is 30.4 Å². The molecule has 0 atom stereocenters. The Morgan fingerprint density at radius 2 is 2.11 bits per heavy atom. The van der Waals surface area contributed by atoms with Crippen molar-refractivity contribution in [3.05, 3.63) is 36.5 Å². The second-order valence-electron chi connectivity index (χ2n) is 4.99. The minimum absolute atomic E-state index is 0.587. The Hall–Kier alpha value is -1.68. The molecular formula is C15H17N3S. The van der Waals surface area contributed by atoms with Crippen molar-refractivity contribution < 1.29 is 0 Å². The van der Waals surface area contributed by atoms with E-state index in [2.05, 4.69) is 34.1 Å². The number of fused-ring (bicyclic) bond motifs is 1. The van der Waals surface area contributed by atoms with Gasteiger partial charge in [-0.05, 0) is 25.0 Å². The van der Waals surface area contributed by atoms with Gasteiger partial charge in [0, 0.05) is 36.3 Å². The fourth-order valence-corrected chi connectivity index (χ4v) is 2.54. The number of nitrogens with two attached hydrogens (primary N) is 1. The normalized spacial score (nSPS) is 14.5. The number of hydrogen-bond acceptors (Lipinski definition) is 3. The molecule has 19 heavy (non-hydrogen) atoms. The van der Waals surface area contributed by atoms with Gasteiger partial charge in [-0.25, -0.2) is 0 Å². The zero-order valence-corrected chi connectivity index (χ0v) is 11.6. The molecule has 0 spiro atoms. The molecule has 0 bridgehead atoms. The van der Waals surface area contributed by atoms with Gasteiger partial charge in [0.15, 0.2) is 0 Å². The maximum Gasteiger partial charge on any atom is 0.0745 e. The van der Waals surface area contributed by atoms with Crippen LogP contribution in [0.1, 0.15) is 19.3 Å². The summed E-state index contributed by atoms with van der Waals surface area (Å²) < 4.78 is 0. The monoisotopic (exact) mass is 271 g/mol. The summed E-state index contributed by atoms with van der Waals surface area (Å²) in [6.45, 7) is 0.897. The molecule has 0 aliphatic heterocycles. The smallest absolute Gasteiger partial charge is 0.0745 e. The van der Waals surface area contributed by atoms with Gasteiger partial charge in [0.05, 0.1) is 10.5 Å². The average Bonchev–Trinajstić information content (AvgIpc) is 3.23. The van der Waals surface area contributed by atoms with Crippen LogP contribution in [-0.4, -0.2) is 22.6 Å². The minimum atomic E-state index is 0.587. The zero-order valence-electron chi connectivity index (χ0n) is 10.7. The van der Waals surface area contributed by atoms with Crippen LogP contribution in [0.5, 0.6) is 0 Å². The molecule has 0 amide bonds. The molecule has 1 saturated carbocycles. The summed E-state index contributed by atoms with van der Waals surface area (Å²) in [7, 11) is 0. The molecule has 2 N–H and O–H groups in total. The number of hydrogen-bond donors (Lipinski definition) is 1. The Bertz CT molecular complexity index is 602. The van der Waals surface area contributed by atoms with Gasteiger partial charge in [-0.3, -0.25) is 4.98 Å². The zero-order chi connectivity index (χ0) is 13.2. The highest BCUT2D eigenvalue weighted by molar-refractivity contribution is 7.80. The Morgan fingerprint density at radius 1 is 1.32 bits per heavy atom. The molecule has 0 saturated heterocycles. The number of benzene rings is 1. The maximum atomic E-state index is 5.64. The third kappa shape index (κ3) is 2.68. The van der Waals surface area contributed by atoms with Crippen LogP contribution in [0.25, 0.3) is 10.9 Å². The lowest BCUT2D eigenvalue weighted by Crippen LogP contribution is -2.29. The van der Waals surface area contributed by atoms with E-state index in [0.717, 1.165) is 18.5 Å². The average molecular weight is 271 g/mol. The first-order chi connectivity index (χ1) is 9.25. The van der Waals surface area contributed by atoms with E-state index < -0.39 is 0 Å². The molecule has 98 valence electrons. The molecule has 1 heterocycles. The second-order valence-corrected chi connectivity index (χ2v) is 5.51. The minimum Gasteiger partial charge on any atom is -0.393 e. The topological polar surface area (TPSA) is 42.1 Å². The van der Waals surface area contributed by atoms with Crippen LogP contribution in [0.15, 0.2) is 36.5 Å². The fraction of sp³-hybridized carbons (Fsp3) is 0.333. The van der Waals surface area contributed by atoms with Crippen LogP contribution in [0.3, 0.4) is 0 Å². The highest BCUT2D eigenvalue weighted by Crippen LogP contribution is 2.35. The summed E-state index contributed by atoms with van der Waals surface area (Å²) in [6, 6.07) is 11.0. The van der Waals surface area contributed by atoms with Gasteiger partial charge in [-0.15, -0.1) is 0 Å². The number of pyridine rings is 1. The Morgan fingerprint density at radius 3 is 2.84 bits per heavy atom. The molecule has 1 aromatic heterocycles. The van der Waals surface area contributed by atoms with E-state index >= 15 is 0 Å². The SMILES string of the molecule is NC(=S)CCN(c1ccnc2ccccc12)C1CC1. The van der Waals surface area contributed by atoms with Crippen LogP contribution in [0.2, 0.25) is 0 Å². The van der Waals surface area contributed by atoms with E-state index in [4.69, 9.17) is 18.0 Å². The van der Waals surface area contributed by atoms with E-state index in [1.54, 1.807) is 0 Å². The molecule has 1 aromatic carbocycles. The first-order valence-electron chi connectivity index (χ1n) is 6.64. The van der Waals surface area contributed by atoms with Crippen LogP contribution in [0, 0.1) is 0 Å².